The van der Waals surface area contributed by atoms with Crippen LogP contribution >= 0.6 is 11.8 Å². The molecule has 2 aromatic rings. The molecule has 0 heterocycles. The summed E-state index contributed by atoms with van der Waals surface area (Å²) in [4.78, 5) is 13.1. The average Bonchev–Trinajstić information content (AvgIpc) is 2.54. The summed E-state index contributed by atoms with van der Waals surface area (Å²) in [7, 11) is 0. The number of hydrogen-bond donors (Lipinski definition) is 2. The molecule has 0 fully saturated rings. The SMILES string of the molecule is CC(C)(N)CNC(=O)C(Sc1ccc(F)c(F)c1)c1ccccc1. The van der Waals surface area contributed by atoms with Gasteiger partial charge in [0.25, 0.3) is 0 Å². The van der Waals surface area contributed by atoms with Crippen LogP contribution in [0.15, 0.2) is 53.4 Å². The van der Waals surface area contributed by atoms with Gasteiger partial charge in [0.05, 0.1) is 0 Å². The number of hydrogen-bond acceptors (Lipinski definition) is 3. The van der Waals surface area contributed by atoms with Crippen molar-refractivity contribution < 1.29 is 13.6 Å². The third-order valence-electron chi connectivity index (χ3n) is 3.20. The first-order valence-corrected chi connectivity index (χ1v) is 8.37. The van der Waals surface area contributed by atoms with E-state index in [1.165, 1.54) is 6.07 Å². The minimum Gasteiger partial charge on any atom is -0.353 e. The standard InChI is InChI=1S/C18H20F2N2OS/c1-18(2,21)11-22-17(23)16(12-6-4-3-5-7-12)24-13-8-9-14(19)15(20)10-13/h3-10,16H,11,21H2,1-2H3,(H,22,23). The fraction of sp³-hybridized carbons (Fsp3) is 0.278. The van der Waals surface area contributed by atoms with Crippen LogP contribution in [0.2, 0.25) is 0 Å². The lowest BCUT2D eigenvalue weighted by Gasteiger charge is -2.22. The summed E-state index contributed by atoms with van der Waals surface area (Å²) in [5.41, 5.74) is 6.14. The van der Waals surface area contributed by atoms with Gasteiger partial charge in [-0.05, 0) is 37.6 Å². The Morgan fingerprint density at radius 3 is 2.42 bits per heavy atom. The molecule has 3 N–H and O–H groups in total. The Bertz CT molecular complexity index is 702. The quantitative estimate of drug-likeness (QED) is 0.782. The smallest absolute Gasteiger partial charge is 0.238 e. The van der Waals surface area contributed by atoms with E-state index in [4.69, 9.17) is 5.73 Å². The van der Waals surface area contributed by atoms with E-state index in [1.54, 1.807) is 0 Å². The molecule has 1 atom stereocenters. The number of benzene rings is 2. The van der Waals surface area contributed by atoms with Crippen LogP contribution in [0, 0.1) is 11.6 Å². The van der Waals surface area contributed by atoms with Crippen molar-refractivity contribution in [2.75, 3.05) is 6.54 Å². The number of thioether (sulfide) groups is 1. The molecule has 0 spiro atoms. The van der Waals surface area contributed by atoms with Crippen molar-refractivity contribution in [3.8, 4) is 0 Å². The fourth-order valence-corrected chi connectivity index (χ4v) is 3.07. The molecule has 0 aliphatic heterocycles. The third kappa shape index (κ3) is 5.32. The highest BCUT2D eigenvalue weighted by molar-refractivity contribution is 8.00. The van der Waals surface area contributed by atoms with Crippen LogP contribution in [-0.4, -0.2) is 18.0 Å². The summed E-state index contributed by atoms with van der Waals surface area (Å²) >= 11 is 1.16. The largest absolute Gasteiger partial charge is 0.353 e. The molecule has 0 radical (unpaired) electrons. The van der Waals surface area contributed by atoms with Gasteiger partial charge in [-0.15, -0.1) is 11.8 Å². The minimum atomic E-state index is -0.935. The van der Waals surface area contributed by atoms with Crippen molar-refractivity contribution in [3.63, 3.8) is 0 Å². The second kappa shape index (κ2) is 7.77. The normalized spacial score (nSPS) is 12.7. The van der Waals surface area contributed by atoms with Gasteiger partial charge in [-0.1, -0.05) is 30.3 Å². The third-order valence-corrected chi connectivity index (χ3v) is 4.45. The molecule has 0 aliphatic carbocycles. The van der Waals surface area contributed by atoms with Gasteiger partial charge >= 0.3 is 0 Å². The van der Waals surface area contributed by atoms with Gasteiger partial charge < -0.3 is 11.1 Å². The van der Waals surface area contributed by atoms with E-state index >= 15 is 0 Å². The van der Waals surface area contributed by atoms with Gasteiger partial charge in [-0.3, -0.25) is 4.79 Å². The van der Waals surface area contributed by atoms with Gasteiger partial charge in [0, 0.05) is 17.0 Å². The van der Waals surface area contributed by atoms with Crippen LogP contribution in [0.5, 0.6) is 0 Å². The van der Waals surface area contributed by atoms with Crippen molar-refractivity contribution in [2.45, 2.75) is 29.5 Å². The highest BCUT2D eigenvalue weighted by atomic mass is 32.2. The lowest BCUT2D eigenvalue weighted by atomic mass is 10.1. The zero-order chi connectivity index (χ0) is 17.7. The Morgan fingerprint density at radius 2 is 1.83 bits per heavy atom. The summed E-state index contributed by atoms with van der Waals surface area (Å²) in [5, 5.41) is 2.23. The molecule has 0 aromatic heterocycles. The number of rotatable bonds is 6. The Hall–Kier alpha value is -1.92. The van der Waals surface area contributed by atoms with Crippen LogP contribution < -0.4 is 11.1 Å². The van der Waals surface area contributed by atoms with Crippen LogP contribution in [0.3, 0.4) is 0 Å². The molecule has 1 amide bonds. The Morgan fingerprint density at radius 1 is 1.17 bits per heavy atom. The first-order valence-electron chi connectivity index (χ1n) is 7.49. The van der Waals surface area contributed by atoms with E-state index < -0.39 is 22.4 Å². The second-order valence-electron chi connectivity index (χ2n) is 6.19. The van der Waals surface area contributed by atoms with Crippen molar-refractivity contribution in [1.29, 1.82) is 0 Å². The molecule has 2 aromatic carbocycles. The number of carbonyl (C=O) groups is 1. The first-order chi connectivity index (χ1) is 11.3. The van der Waals surface area contributed by atoms with Gasteiger partial charge in [-0.2, -0.15) is 0 Å². The lowest BCUT2D eigenvalue weighted by Crippen LogP contribution is -2.46. The maximum Gasteiger partial charge on any atom is 0.238 e. The molecule has 2 rings (SSSR count). The zero-order valence-electron chi connectivity index (χ0n) is 13.6. The highest BCUT2D eigenvalue weighted by Gasteiger charge is 2.24. The van der Waals surface area contributed by atoms with Gasteiger partial charge in [0.15, 0.2) is 11.6 Å². The van der Waals surface area contributed by atoms with Crippen LogP contribution in [-0.2, 0) is 4.79 Å². The molecule has 0 bridgehead atoms. The van der Waals surface area contributed by atoms with Crippen LogP contribution in [0.4, 0.5) is 8.78 Å². The molecular formula is C18H20F2N2OS. The van der Waals surface area contributed by atoms with E-state index in [0.29, 0.717) is 11.4 Å². The van der Waals surface area contributed by atoms with Crippen molar-refractivity contribution in [3.05, 3.63) is 65.7 Å². The minimum absolute atomic E-state index is 0.227. The molecule has 6 heteroatoms. The predicted octanol–water partition coefficient (Wildman–Crippen LogP) is 3.65. The summed E-state index contributed by atoms with van der Waals surface area (Å²) in [5.74, 6) is -2.07. The average molecular weight is 350 g/mol. The summed E-state index contributed by atoms with van der Waals surface area (Å²) < 4.78 is 26.5. The molecule has 0 saturated heterocycles. The molecular weight excluding hydrogens is 330 g/mol. The van der Waals surface area contributed by atoms with Crippen molar-refractivity contribution in [2.24, 2.45) is 5.73 Å². The Labute approximate surface area is 144 Å². The first kappa shape index (κ1) is 18.4. The van der Waals surface area contributed by atoms with Gasteiger partial charge in [-0.25, -0.2) is 8.78 Å². The van der Waals surface area contributed by atoms with Crippen molar-refractivity contribution in [1.82, 2.24) is 5.32 Å². The number of carbonyl (C=O) groups excluding carboxylic acids is 1. The molecule has 1 unspecified atom stereocenters. The Balaban J connectivity index is 2.23. The summed E-state index contributed by atoms with van der Waals surface area (Å²) in [6.07, 6.45) is 0. The zero-order valence-corrected chi connectivity index (χ0v) is 14.4. The van der Waals surface area contributed by atoms with E-state index in [2.05, 4.69) is 5.32 Å². The molecule has 24 heavy (non-hydrogen) atoms. The number of halogens is 2. The van der Waals surface area contributed by atoms with E-state index in [0.717, 1.165) is 29.5 Å². The fourth-order valence-electron chi connectivity index (χ4n) is 1.99. The Kier molecular flexibility index (Phi) is 5.96. The van der Waals surface area contributed by atoms with Crippen LogP contribution in [0.25, 0.3) is 0 Å². The molecule has 128 valence electrons. The van der Waals surface area contributed by atoms with E-state index in [9.17, 15) is 13.6 Å². The number of nitrogens with two attached hydrogens (primary N) is 1. The highest BCUT2D eigenvalue weighted by Crippen LogP contribution is 2.36. The van der Waals surface area contributed by atoms with E-state index in [-0.39, 0.29) is 5.91 Å². The molecule has 0 aliphatic rings. The number of amides is 1. The molecule has 3 nitrogen and oxygen atoms in total. The van der Waals surface area contributed by atoms with Crippen molar-refractivity contribution >= 4 is 17.7 Å². The van der Waals surface area contributed by atoms with Crippen LogP contribution in [0.1, 0.15) is 24.7 Å². The topological polar surface area (TPSA) is 55.1 Å². The maximum atomic E-state index is 13.4. The lowest BCUT2D eigenvalue weighted by molar-refractivity contribution is -0.120. The maximum absolute atomic E-state index is 13.4. The number of nitrogens with one attached hydrogen (secondary N) is 1. The van der Waals surface area contributed by atoms with Gasteiger partial charge in [0.2, 0.25) is 5.91 Å². The second-order valence-corrected chi connectivity index (χ2v) is 7.37. The summed E-state index contributed by atoms with van der Waals surface area (Å²) in [6, 6.07) is 12.8. The monoisotopic (exact) mass is 350 g/mol. The predicted molar refractivity (Wildman–Crippen MR) is 92.7 cm³/mol. The summed E-state index contributed by atoms with van der Waals surface area (Å²) in [6.45, 7) is 3.94. The van der Waals surface area contributed by atoms with E-state index in [1.807, 2.05) is 44.2 Å². The van der Waals surface area contributed by atoms with Gasteiger partial charge in [0.1, 0.15) is 5.25 Å². The molecule has 0 saturated carbocycles.